The molecule has 0 bridgehead atoms. The summed E-state index contributed by atoms with van der Waals surface area (Å²) in [5, 5.41) is 2.99. The molecule has 2 aromatic carbocycles. The van der Waals surface area contributed by atoms with E-state index in [4.69, 9.17) is 0 Å². The van der Waals surface area contributed by atoms with Gasteiger partial charge in [-0.15, -0.1) is 0 Å². The Balaban J connectivity index is 1.53. The molecule has 1 heterocycles. The number of benzene rings is 2. The van der Waals surface area contributed by atoms with Crippen LogP contribution in [-0.2, 0) is 11.2 Å². The quantitative estimate of drug-likeness (QED) is 0.865. The van der Waals surface area contributed by atoms with Crippen molar-refractivity contribution in [2.45, 2.75) is 46.0 Å². The Labute approximate surface area is 160 Å². The Hall–Kier alpha value is -2.62. The van der Waals surface area contributed by atoms with E-state index in [-0.39, 0.29) is 17.7 Å². The third-order valence-corrected chi connectivity index (χ3v) is 5.98. The minimum absolute atomic E-state index is 0.121. The molecule has 2 aliphatic rings. The fraction of sp³-hybridized carbons (Fsp3) is 0.391. The molecule has 4 nitrogen and oxygen atoms in total. The van der Waals surface area contributed by atoms with E-state index in [9.17, 15) is 9.59 Å². The Morgan fingerprint density at radius 2 is 1.78 bits per heavy atom. The van der Waals surface area contributed by atoms with Crippen LogP contribution in [-0.4, -0.2) is 18.4 Å². The summed E-state index contributed by atoms with van der Waals surface area (Å²) in [4.78, 5) is 27.4. The molecule has 0 atom stereocenters. The van der Waals surface area contributed by atoms with E-state index in [0.29, 0.717) is 5.56 Å². The highest BCUT2D eigenvalue weighted by Gasteiger charge is 2.32. The fourth-order valence-corrected chi connectivity index (χ4v) is 4.16. The zero-order valence-corrected chi connectivity index (χ0v) is 16.0. The third kappa shape index (κ3) is 3.48. The molecule has 4 rings (SSSR count). The van der Waals surface area contributed by atoms with Crippen molar-refractivity contribution in [1.29, 1.82) is 0 Å². The number of amides is 2. The fourth-order valence-electron chi connectivity index (χ4n) is 4.16. The van der Waals surface area contributed by atoms with Gasteiger partial charge in [-0.05, 0) is 74.1 Å². The van der Waals surface area contributed by atoms with Gasteiger partial charge in [0.15, 0.2) is 0 Å². The molecular weight excluding hydrogens is 336 g/mol. The van der Waals surface area contributed by atoms with Crippen molar-refractivity contribution in [1.82, 2.24) is 0 Å². The molecule has 27 heavy (non-hydrogen) atoms. The number of fused-ring (bicyclic) bond motifs is 1. The van der Waals surface area contributed by atoms with Crippen molar-refractivity contribution >= 4 is 23.2 Å². The minimum Gasteiger partial charge on any atom is -0.322 e. The van der Waals surface area contributed by atoms with Crippen molar-refractivity contribution in [3.05, 3.63) is 58.7 Å². The summed E-state index contributed by atoms with van der Waals surface area (Å²) >= 11 is 0. The summed E-state index contributed by atoms with van der Waals surface area (Å²) in [7, 11) is 0. The summed E-state index contributed by atoms with van der Waals surface area (Å²) < 4.78 is 0. The van der Waals surface area contributed by atoms with Gasteiger partial charge in [0.25, 0.3) is 5.91 Å². The SMILES string of the molecule is Cc1ccc(C(=O)Nc2ccc3c(c2)N(C(=O)C2CCCC2)CC3)cc1C. The van der Waals surface area contributed by atoms with Gasteiger partial charge in [0.1, 0.15) is 0 Å². The molecule has 2 aromatic rings. The average molecular weight is 362 g/mol. The van der Waals surface area contributed by atoms with Crippen LogP contribution in [0.25, 0.3) is 0 Å². The number of anilines is 2. The van der Waals surface area contributed by atoms with Gasteiger partial charge in [0.2, 0.25) is 5.91 Å². The average Bonchev–Trinajstić information content (AvgIpc) is 3.33. The number of carbonyl (C=O) groups is 2. The molecule has 0 unspecified atom stereocenters. The molecule has 4 heteroatoms. The van der Waals surface area contributed by atoms with Crippen molar-refractivity contribution in [2.24, 2.45) is 5.92 Å². The number of hydrogen-bond donors (Lipinski definition) is 1. The zero-order chi connectivity index (χ0) is 19.0. The number of rotatable bonds is 3. The summed E-state index contributed by atoms with van der Waals surface area (Å²) in [5.41, 5.74) is 5.81. The second-order valence-corrected chi connectivity index (χ2v) is 7.82. The number of nitrogens with zero attached hydrogens (tertiary/aromatic N) is 1. The Morgan fingerprint density at radius 3 is 2.52 bits per heavy atom. The first kappa shape index (κ1) is 17.8. The first-order valence-corrected chi connectivity index (χ1v) is 9.86. The highest BCUT2D eigenvalue weighted by atomic mass is 16.2. The van der Waals surface area contributed by atoms with Crippen LogP contribution in [0.1, 0.15) is 52.7 Å². The summed E-state index contributed by atoms with van der Waals surface area (Å²) in [6.07, 6.45) is 5.22. The van der Waals surface area contributed by atoms with E-state index in [1.54, 1.807) is 0 Å². The molecule has 1 aliphatic heterocycles. The van der Waals surface area contributed by atoms with Gasteiger partial charge in [0.05, 0.1) is 0 Å². The smallest absolute Gasteiger partial charge is 0.255 e. The molecule has 1 fully saturated rings. The maximum atomic E-state index is 12.9. The van der Waals surface area contributed by atoms with E-state index in [0.717, 1.165) is 55.6 Å². The van der Waals surface area contributed by atoms with E-state index < -0.39 is 0 Å². The van der Waals surface area contributed by atoms with Crippen molar-refractivity contribution < 1.29 is 9.59 Å². The lowest BCUT2D eigenvalue weighted by atomic mass is 10.1. The number of carbonyl (C=O) groups excluding carboxylic acids is 2. The van der Waals surface area contributed by atoms with Gasteiger partial charge in [-0.1, -0.05) is 25.0 Å². The highest BCUT2D eigenvalue weighted by molar-refractivity contribution is 6.05. The lowest BCUT2D eigenvalue weighted by Gasteiger charge is -2.21. The number of nitrogens with one attached hydrogen (secondary N) is 1. The largest absolute Gasteiger partial charge is 0.322 e. The predicted octanol–water partition coefficient (Wildman–Crippen LogP) is 4.64. The van der Waals surface area contributed by atoms with E-state index in [2.05, 4.69) is 5.32 Å². The molecule has 2 amide bonds. The predicted molar refractivity (Wildman–Crippen MR) is 108 cm³/mol. The standard InChI is InChI=1S/C23H26N2O2/c1-15-7-8-19(13-16(15)2)22(26)24-20-10-9-17-11-12-25(21(17)14-20)23(27)18-5-3-4-6-18/h7-10,13-14,18H,3-6,11-12H2,1-2H3,(H,24,26). The minimum atomic E-state index is -0.121. The molecular formula is C23H26N2O2. The summed E-state index contributed by atoms with van der Waals surface area (Å²) in [6, 6.07) is 11.6. The number of aryl methyl sites for hydroxylation is 2. The normalized spacial score (nSPS) is 16.4. The molecule has 0 aromatic heterocycles. The molecule has 1 N–H and O–H groups in total. The van der Waals surface area contributed by atoms with E-state index in [1.165, 1.54) is 11.1 Å². The monoisotopic (exact) mass is 362 g/mol. The van der Waals surface area contributed by atoms with E-state index in [1.807, 2.05) is 55.1 Å². The maximum Gasteiger partial charge on any atom is 0.255 e. The molecule has 0 spiro atoms. The highest BCUT2D eigenvalue weighted by Crippen LogP contribution is 2.35. The Morgan fingerprint density at radius 1 is 1.00 bits per heavy atom. The second-order valence-electron chi connectivity index (χ2n) is 7.82. The van der Waals surface area contributed by atoms with Crippen LogP contribution in [0.3, 0.4) is 0 Å². The Kier molecular flexibility index (Phi) is 4.73. The van der Waals surface area contributed by atoms with Crippen LogP contribution >= 0.6 is 0 Å². The van der Waals surface area contributed by atoms with Crippen molar-refractivity contribution in [3.63, 3.8) is 0 Å². The van der Waals surface area contributed by atoms with Gasteiger partial charge in [-0.25, -0.2) is 0 Å². The molecule has 140 valence electrons. The topological polar surface area (TPSA) is 49.4 Å². The van der Waals surface area contributed by atoms with Crippen LogP contribution in [0.4, 0.5) is 11.4 Å². The van der Waals surface area contributed by atoms with Crippen LogP contribution in [0.5, 0.6) is 0 Å². The van der Waals surface area contributed by atoms with Gasteiger partial charge < -0.3 is 10.2 Å². The van der Waals surface area contributed by atoms with Crippen LogP contribution in [0.2, 0.25) is 0 Å². The molecule has 0 saturated heterocycles. The second kappa shape index (κ2) is 7.18. The van der Waals surface area contributed by atoms with Gasteiger partial charge in [-0.2, -0.15) is 0 Å². The molecule has 1 aliphatic carbocycles. The van der Waals surface area contributed by atoms with Crippen LogP contribution < -0.4 is 10.2 Å². The molecule has 1 saturated carbocycles. The van der Waals surface area contributed by atoms with Crippen molar-refractivity contribution in [3.8, 4) is 0 Å². The van der Waals surface area contributed by atoms with Crippen LogP contribution in [0, 0.1) is 19.8 Å². The van der Waals surface area contributed by atoms with Gasteiger partial charge >= 0.3 is 0 Å². The zero-order valence-electron chi connectivity index (χ0n) is 16.0. The summed E-state index contributed by atoms with van der Waals surface area (Å²) in [6.45, 7) is 4.79. The van der Waals surface area contributed by atoms with Gasteiger partial charge in [-0.3, -0.25) is 9.59 Å². The number of hydrogen-bond acceptors (Lipinski definition) is 2. The summed E-state index contributed by atoms with van der Waals surface area (Å²) in [5.74, 6) is 0.304. The van der Waals surface area contributed by atoms with Crippen molar-refractivity contribution in [2.75, 3.05) is 16.8 Å². The first-order valence-electron chi connectivity index (χ1n) is 9.86. The lowest BCUT2D eigenvalue weighted by Crippen LogP contribution is -2.33. The maximum absolute atomic E-state index is 12.9. The van der Waals surface area contributed by atoms with E-state index >= 15 is 0 Å². The molecule has 0 radical (unpaired) electrons. The lowest BCUT2D eigenvalue weighted by molar-refractivity contribution is -0.122. The first-order chi connectivity index (χ1) is 13.0. The third-order valence-electron chi connectivity index (χ3n) is 5.98. The Bertz CT molecular complexity index is 897. The van der Waals surface area contributed by atoms with Gasteiger partial charge in [0, 0.05) is 29.4 Å². The van der Waals surface area contributed by atoms with Crippen LogP contribution in [0.15, 0.2) is 36.4 Å².